The molecule has 0 bridgehead atoms. The molecule has 1 aromatic heterocycles. The van der Waals surface area contributed by atoms with Crippen LogP contribution in [-0.4, -0.2) is 30.3 Å². The van der Waals surface area contributed by atoms with Crippen LogP contribution in [0, 0.1) is 0 Å². The standard InChI is InChI=1S/C17H14F6N2O4/c1-2-28-14(27)15(17(21,22)23,25-13(26)12-7-4-8-29-12)24-11-6-3-5-10(9-11)16(18,19)20/h3-9,24H,2H2,1H3,(H,25,26)/t15-/m1/s1. The van der Waals surface area contributed by atoms with Gasteiger partial charge in [0.1, 0.15) is 0 Å². The number of nitrogens with one attached hydrogen (secondary N) is 2. The topological polar surface area (TPSA) is 80.6 Å². The molecule has 1 aromatic carbocycles. The number of alkyl halides is 6. The minimum Gasteiger partial charge on any atom is -0.463 e. The molecule has 1 atom stereocenters. The molecule has 2 N–H and O–H groups in total. The van der Waals surface area contributed by atoms with Crippen molar-refractivity contribution in [3.05, 3.63) is 54.0 Å². The maximum atomic E-state index is 13.9. The van der Waals surface area contributed by atoms with Crippen LogP contribution in [-0.2, 0) is 15.7 Å². The van der Waals surface area contributed by atoms with Gasteiger partial charge in [0.25, 0.3) is 5.91 Å². The van der Waals surface area contributed by atoms with E-state index in [0.29, 0.717) is 12.1 Å². The normalized spacial score (nSPS) is 14.0. The zero-order chi connectivity index (χ0) is 21.9. The molecule has 0 radical (unpaired) electrons. The summed E-state index contributed by atoms with van der Waals surface area (Å²) in [7, 11) is 0. The molecule has 2 rings (SSSR count). The molecule has 29 heavy (non-hydrogen) atoms. The van der Waals surface area contributed by atoms with Crippen LogP contribution in [0.1, 0.15) is 23.0 Å². The van der Waals surface area contributed by atoms with E-state index in [4.69, 9.17) is 4.42 Å². The molecule has 0 fully saturated rings. The number of benzene rings is 1. The molecule has 0 aliphatic carbocycles. The molecule has 12 heteroatoms. The summed E-state index contributed by atoms with van der Waals surface area (Å²) in [5.41, 5.74) is -5.87. The highest BCUT2D eigenvalue weighted by Gasteiger charge is 2.64. The zero-order valence-electron chi connectivity index (χ0n) is 14.6. The molecular weight excluding hydrogens is 410 g/mol. The lowest BCUT2D eigenvalue weighted by molar-refractivity contribution is -0.204. The Morgan fingerprint density at radius 2 is 1.76 bits per heavy atom. The summed E-state index contributed by atoms with van der Waals surface area (Å²) in [5, 5.41) is 3.09. The van der Waals surface area contributed by atoms with Gasteiger partial charge in [-0.2, -0.15) is 26.3 Å². The third-order valence-electron chi connectivity index (χ3n) is 3.57. The number of halogens is 6. The van der Waals surface area contributed by atoms with Crippen molar-refractivity contribution in [1.82, 2.24) is 5.32 Å². The van der Waals surface area contributed by atoms with Gasteiger partial charge < -0.3 is 19.8 Å². The lowest BCUT2D eigenvalue weighted by atomic mass is 10.1. The molecule has 0 saturated carbocycles. The van der Waals surface area contributed by atoms with E-state index < -0.39 is 53.5 Å². The molecule has 1 heterocycles. The predicted octanol–water partition coefficient (Wildman–Crippen LogP) is 3.96. The Balaban J connectivity index is 2.53. The van der Waals surface area contributed by atoms with Crippen LogP contribution in [0.3, 0.4) is 0 Å². The highest BCUT2D eigenvalue weighted by atomic mass is 19.4. The van der Waals surface area contributed by atoms with Crippen LogP contribution in [0.2, 0.25) is 0 Å². The second-order valence-electron chi connectivity index (χ2n) is 5.60. The Bertz CT molecular complexity index is 864. The Hall–Kier alpha value is -3.18. The number of amides is 1. The van der Waals surface area contributed by atoms with Crippen molar-refractivity contribution in [2.24, 2.45) is 0 Å². The average molecular weight is 424 g/mol. The molecule has 0 spiro atoms. The number of esters is 1. The van der Waals surface area contributed by atoms with Crippen molar-refractivity contribution in [3.63, 3.8) is 0 Å². The van der Waals surface area contributed by atoms with Gasteiger partial charge in [0, 0.05) is 5.69 Å². The Kier molecular flexibility index (Phi) is 6.14. The van der Waals surface area contributed by atoms with E-state index in [2.05, 4.69) is 4.74 Å². The first-order chi connectivity index (χ1) is 13.4. The molecule has 158 valence electrons. The van der Waals surface area contributed by atoms with Crippen LogP contribution in [0.5, 0.6) is 0 Å². The molecule has 0 aliphatic heterocycles. The quantitative estimate of drug-likeness (QED) is 0.417. The van der Waals surface area contributed by atoms with Crippen molar-refractivity contribution in [2.45, 2.75) is 24.9 Å². The summed E-state index contributed by atoms with van der Waals surface area (Å²) in [6, 6.07) is 4.95. The third kappa shape index (κ3) is 4.81. The number of hydrogen-bond acceptors (Lipinski definition) is 5. The van der Waals surface area contributed by atoms with Gasteiger partial charge in [0.2, 0.25) is 0 Å². The number of carbonyl (C=O) groups is 2. The lowest BCUT2D eigenvalue weighted by Gasteiger charge is -2.35. The lowest BCUT2D eigenvalue weighted by Crippen LogP contribution is -2.69. The number of carbonyl (C=O) groups excluding carboxylic acids is 2. The highest BCUT2D eigenvalue weighted by Crippen LogP contribution is 2.36. The van der Waals surface area contributed by atoms with E-state index in [1.165, 1.54) is 18.3 Å². The Labute approximate surface area is 159 Å². The van der Waals surface area contributed by atoms with Crippen molar-refractivity contribution >= 4 is 17.6 Å². The molecule has 1 amide bonds. The van der Waals surface area contributed by atoms with Gasteiger partial charge >= 0.3 is 24.0 Å². The summed E-state index contributed by atoms with van der Waals surface area (Å²) in [5.74, 6) is -3.97. The summed E-state index contributed by atoms with van der Waals surface area (Å²) in [6.07, 6.45) is -9.34. The van der Waals surface area contributed by atoms with E-state index in [9.17, 15) is 35.9 Å². The average Bonchev–Trinajstić information content (AvgIpc) is 3.14. The van der Waals surface area contributed by atoms with Gasteiger partial charge in [-0.15, -0.1) is 0 Å². The molecule has 0 unspecified atom stereocenters. The fourth-order valence-corrected chi connectivity index (χ4v) is 2.26. The number of anilines is 1. The van der Waals surface area contributed by atoms with Crippen molar-refractivity contribution < 1.29 is 45.1 Å². The van der Waals surface area contributed by atoms with Gasteiger partial charge in [0.05, 0.1) is 18.4 Å². The number of hydrogen-bond donors (Lipinski definition) is 2. The molecular formula is C17H14F6N2O4. The van der Waals surface area contributed by atoms with Crippen LogP contribution in [0.25, 0.3) is 0 Å². The molecule has 2 aromatic rings. The first-order valence-corrected chi connectivity index (χ1v) is 7.96. The van der Waals surface area contributed by atoms with E-state index in [1.54, 1.807) is 5.32 Å². The second kappa shape index (κ2) is 8.05. The summed E-state index contributed by atoms with van der Waals surface area (Å²) >= 11 is 0. The maximum Gasteiger partial charge on any atom is 0.441 e. The second-order valence-corrected chi connectivity index (χ2v) is 5.60. The predicted molar refractivity (Wildman–Crippen MR) is 86.7 cm³/mol. The van der Waals surface area contributed by atoms with Gasteiger partial charge in [0.15, 0.2) is 5.76 Å². The van der Waals surface area contributed by atoms with Crippen molar-refractivity contribution in [2.75, 3.05) is 11.9 Å². The highest BCUT2D eigenvalue weighted by molar-refractivity contribution is 5.97. The number of rotatable bonds is 6. The monoisotopic (exact) mass is 424 g/mol. The van der Waals surface area contributed by atoms with Crippen LogP contribution < -0.4 is 10.6 Å². The smallest absolute Gasteiger partial charge is 0.441 e. The van der Waals surface area contributed by atoms with Crippen molar-refractivity contribution in [1.29, 1.82) is 0 Å². The van der Waals surface area contributed by atoms with Gasteiger partial charge in [-0.25, -0.2) is 4.79 Å². The third-order valence-corrected chi connectivity index (χ3v) is 3.57. The maximum absolute atomic E-state index is 13.9. The number of furan rings is 1. The zero-order valence-corrected chi connectivity index (χ0v) is 14.6. The Morgan fingerprint density at radius 3 is 2.28 bits per heavy atom. The largest absolute Gasteiger partial charge is 0.463 e. The molecule has 0 aliphatic rings. The SMILES string of the molecule is CCOC(=O)[C@](NC(=O)c1ccco1)(Nc1cccc(C(F)(F)F)c1)C(F)(F)F. The first kappa shape index (κ1) is 22.1. The van der Waals surface area contributed by atoms with E-state index in [0.717, 1.165) is 24.5 Å². The summed E-state index contributed by atoms with van der Waals surface area (Å²) in [6.45, 7) is 0.731. The number of ether oxygens (including phenoxy) is 1. The van der Waals surface area contributed by atoms with E-state index in [1.807, 2.05) is 0 Å². The van der Waals surface area contributed by atoms with Crippen molar-refractivity contribution in [3.8, 4) is 0 Å². The minimum atomic E-state index is -5.50. The van der Waals surface area contributed by atoms with E-state index >= 15 is 0 Å². The van der Waals surface area contributed by atoms with Gasteiger partial charge in [-0.3, -0.25) is 4.79 Å². The fourth-order valence-electron chi connectivity index (χ4n) is 2.26. The first-order valence-electron chi connectivity index (χ1n) is 7.96. The van der Waals surface area contributed by atoms with Gasteiger partial charge in [-0.05, 0) is 37.3 Å². The van der Waals surface area contributed by atoms with Gasteiger partial charge in [-0.1, -0.05) is 6.07 Å². The fraction of sp³-hybridized carbons (Fsp3) is 0.294. The van der Waals surface area contributed by atoms with Crippen LogP contribution in [0.4, 0.5) is 32.0 Å². The molecule has 6 nitrogen and oxygen atoms in total. The summed E-state index contributed by atoms with van der Waals surface area (Å²) < 4.78 is 89.6. The van der Waals surface area contributed by atoms with Crippen LogP contribution >= 0.6 is 0 Å². The summed E-state index contributed by atoms with van der Waals surface area (Å²) in [4.78, 5) is 24.4. The molecule has 0 saturated heterocycles. The van der Waals surface area contributed by atoms with Crippen LogP contribution in [0.15, 0.2) is 47.1 Å². The van der Waals surface area contributed by atoms with E-state index in [-0.39, 0.29) is 0 Å². The Morgan fingerprint density at radius 1 is 1.07 bits per heavy atom. The minimum absolute atomic E-state index is 0.360.